The Balaban J connectivity index is 2.02. The smallest absolute Gasteiger partial charge is 0.338 e. The topological polar surface area (TPSA) is 79.5 Å². The van der Waals surface area contributed by atoms with Gasteiger partial charge in [0.2, 0.25) is 3.79 Å². The number of rotatable bonds is 6. The predicted octanol–water partition coefficient (Wildman–Crippen LogP) is 4.58. The standard InChI is InChI=1S/C20H20Cl3N3O3S/c1-3-29-17(28)14-8-10-15(11-9-14)24-19(30)26-18(20(21,22)23)25-16(27)13-6-4-12(2)5-7-13/h4-11,18H,3H2,1-2H3,(H,25,27)(H2,24,26,30)/t18-/m0/s1. The molecule has 0 fully saturated rings. The normalized spacial score (nSPS) is 11.9. The third kappa shape index (κ3) is 7.32. The van der Waals surface area contributed by atoms with Gasteiger partial charge in [0.05, 0.1) is 12.2 Å². The van der Waals surface area contributed by atoms with Gasteiger partial charge in [0, 0.05) is 11.3 Å². The van der Waals surface area contributed by atoms with Crippen molar-refractivity contribution in [1.82, 2.24) is 10.6 Å². The van der Waals surface area contributed by atoms with Crippen molar-refractivity contribution in [2.45, 2.75) is 23.8 Å². The summed E-state index contributed by atoms with van der Waals surface area (Å²) in [6, 6.07) is 13.4. The van der Waals surface area contributed by atoms with Crippen LogP contribution < -0.4 is 16.0 Å². The van der Waals surface area contributed by atoms with Crippen molar-refractivity contribution in [3.05, 3.63) is 65.2 Å². The summed E-state index contributed by atoms with van der Waals surface area (Å²) in [7, 11) is 0. The summed E-state index contributed by atoms with van der Waals surface area (Å²) >= 11 is 23.3. The molecule has 2 rings (SSSR count). The van der Waals surface area contributed by atoms with Gasteiger partial charge >= 0.3 is 5.97 Å². The number of halogens is 3. The van der Waals surface area contributed by atoms with E-state index in [1.165, 1.54) is 0 Å². The molecule has 2 aromatic rings. The molecule has 1 atom stereocenters. The highest BCUT2D eigenvalue weighted by atomic mass is 35.6. The zero-order valence-electron chi connectivity index (χ0n) is 16.2. The minimum atomic E-state index is -1.88. The van der Waals surface area contributed by atoms with Gasteiger partial charge in [0.25, 0.3) is 5.91 Å². The molecule has 0 aromatic heterocycles. The SMILES string of the molecule is CCOC(=O)c1ccc(NC(=S)N[C@H](NC(=O)c2ccc(C)cc2)C(Cl)(Cl)Cl)cc1. The van der Waals surface area contributed by atoms with Crippen molar-refractivity contribution in [1.29, 1.82) is 0 Å². The molecule has 0 aliphatic carbocycles. The summed E-state index contributed by atoms with van der Waals surface area (Å²) in [6.07, 6.45) is -1.10. The van der Waals surface area contributed by atoms with Gasteiger partial charge in [0.15, 0.2) is 5.11 Å². The largest absolute Gasteiger partial charge is 0.462 e. The second kappa shape index (κ2) is 10.8. The molecule has 0 bridgehead atoms. The molecular weight excluding hydrogens is 469 g/mol. The van der Waals surface area contributed by atoms with E-state index in [0.717, 1.165) is 5.56 Å². The Morgan fingerprint density at radius 1 is 1.00 bits per heavy atom. The highest BCUT2D eigenvalue weighted by molar-refractivity contribution is 7.80. The Labute approximate surface area is 195 Å². The maximum Gasteiger partial charge on any atom is 0.338 e. The monoisotopic (exact) mass is 487 g/mol. The van der Waals surface area contributed by atoms with Crippen molar-refractivity contribution in [3.63, 3.8) is 0 Å². The van der Waals surface area contributed by atoms with Crippen LogP contribution in [0.4, 0.5) is 5.69 Å². The van der Waals surface area contributed by atoms with Crippen LogP contribution in [0.2, 0.25) is 0 Å². The van der Waals surface area contributed by atoms with Gasteiger partial charge in [0.1, 0.15) is 6.17 Å². The number of carbonyl (C=O) groups excluding carboxylic acids is 2. The second-order valence-corrected chi connectivity index (χ2v) is 8.99. The van der Waals surface area contributed by atoms with Crippen LogP contribution in [0.3, 0.4) is 0 Å². The molecule has 0 aliphatic rings. The number of thiocarbonyl (C=S) groups is 1. The lowest BCUT2D eigenvalue weighted by Crippen LogP contribution is -2.56. The third-order valence-corrected chi connectivity index (χ3v) is 4.72. The van der Waals surface area contributed by atoms with E-state index in [9.17, 15) is 9.59 Å². The first-order chi connectivity index (χ1) is 14.1. The number of carbonyl (C=O) groups is 2. The van der Waals surface area contributed by atoms with Gasteiger partial charge in [-0.25, -0.2) is 4.79 Å². The molecule has 0 aliphatic heterocycles. The molecular formula is C20H20Cl3N3O3S. The van der Waals surface area contributed by atoms with Crippen LogP contribution in [0.15, 0.2) is 48.5 Å². The van der Waals surface area contributed by atoms with E-state index in [-0.39, 0.29) is 5.11 Å². The van der Waals surface area contributed by atoms with Crippen LogP contribution in [0.25, 0.3) is 0 Å². The summed E-state index contributed by atoms with van der Waals surface area (Å²) < 4.78 is 3.06. The quantitative estimate of drug-likeness (QED) is 0.239. The van der Waals surface area contributed by atoms with Gasteiger partial charge in [-0.05, 0) is 62.5 Å². The highest BCUT2D eigenvalue weighted by Gasteiger charge is 2.34. The van der Waals surface area contributed by atoms with E-state index in [0.29, 0.717) is 23.4 Å². The van der Waals surface area contributed by atoms with Crippen molar-refractivity contribution >= 4 is 69.7 Å². The number of ether oxygens (including phenoxy) is 1. The number of alkyl halides is 3. The second-order valence-electron chi connectivity index (χ2n) is 6.21. The molecule has 3 N–H and O–H groups in total. The first-order valence-corrected chi connectivity index (χ1v) is 10.4. The Morgan fingerprint density at radius 3 is 2.10 bits per heavy atom. The molecule has 30 heavy (non-hydrogen) atoms. The van der Waals surface area contributed by atoms with Gasteiger partial charge in [-0.15, -0.1) is 0 Å². The first kappa shape index (κ1) is 24.2. The molecule has 0 heterocycles. The lowest BCUT2D eigenvalue weighted by Gasteiger charge is -2.27. The van der Waals surface area contributed by atoms with Crippen LogP contribution in [0.1, 0.15) is 33.2 Å². The number of hydrogen-bond acceptors (Lipinski definition) is 4. The van der Waals surface area contributed by atoms with E-state index >= 15 is 0 Å². The molecule has 0 saturated heterocycles. The van der Waals surface area contributed by atoms with Gasteiger partial charge < -0.3 is 20.7 Å². The fraction of sp³-hybridized carbons (Fsp3) is 0.250. The zero-order valence-corrected chi connectivity index (χ0v) is 19.3. The lowest BCUT2D eigenvalue weighted by atomic mass is 10.1. The Bertz CT molecular complexity index is 900. The molecule has 6 nitrogen and oxygen atoms in total. The summed E-state index contributed by atoms with van der Waals surface area (Å²) in [5.74, 6) is -0.847. The average molecular weight is 489 g/mol. The maximum absolute atomic E-state index is 12.5. The minimum absolute atomic E-state index is 0.111. The summed E-state index contributed by atoms with van der Waals surface area (Å²) in [5.41, 5.74) is 2.43. The highest BCUT2D eigenvalue weighted by Crippen LogP contribution is 2.29. The lowest BCUT2D eigenvalue weighted by molar-refractivity contribution is 0.0526. The summed E-state index contributed by atoms with van der Waals surface area (Å²) in [4.78, 5) is 24.2. The molecule has 0 unspecified atom stereocenters. The molecule has 2 aromatic carbocycles. The third-order valence-electron chi connectivity index (χ3n) is 3.85. The first-order valence-electron chi connectivity index (χ1n) is 8.89. The van der Waals surface area contributed by atoms with Crippen LogP contribution in [-0.2, 0) is 4.74 Å². The fourth-order valence-corrected chi connectivity index (χ4v) is 2.88. The molecule has 10 heteroatoms. The summed E-state index contributed by atoms with van der Waals surface area (Å²) in [5, 5.41) is 8.40. The van der Waals surface area contributed by atoms with Crippen LogP contribution in [0.5, 0.6) is 0 Å². The van der Waals surface area contributed by atoms with Gasteiger partial charge in [-0.1, -0.05) is 52.5 Å². The predicted molar refractivity (Wildman–Crippen MR) is 124 cm³/mol. The number of aryl methyl sites for hydroxylation is 1. The van der Waals surface area contributed by atoms with Crippen molar-refractivity contribution < 1.29 is 14.3 Å². The average Bonchev–Trinajstić information content (AvgIpc) is 2.68. The number of nitrogens with one attached hydrogen (secondary N) is 3. The van der Waals surface area contributed by atoms with Crippen molar-refractivity contribution in [3.8, 4) is 0 Å². The number of hydrogen-bond donors (Lipinski definition) is 3. The van der Waals surface area contributed by atoms with E-state index < -0.39 is 21.8 Å². The molecule has 1 amide bonds. The summed E-state index contributed by atoms with van der Waals surface area (Å²) in [6.45, 7) is 3.94. The number of esters is 1. The van der Waals surface area contributed by atoms with E-state index in [2.05, 4.69) is 16.0 Å². The van der Waals surface area contributed by atoms with Gasteiger partial charge in [-0.2, -0.15) is 0 Å². The van der Waals surface area contributed by atoms with E-state index in [1.54, 1.807) is 55.5 Å². The molecule has 0 radical (unpaired) electrons. The number of benzene rings is 2. The number of anilines is 1. The maximum atomic E-state index is 12.5. The minimum Gasteiger partial charge on any atom is -0.462 e. The Morgan fingerprint density at radius 2 is 1.57 bits per heavy atom. The van der Waals surface area contributed by atoms with Gasteiger partial charge in [-0.3, -0.25) is 4.79 Å². The van der Waals surface area contributed by atoms with Crippen LogP contribution >= 0.6 is 47.0 Å². The Hall–Kier alpha value is -2.06. The Kier molecular flexibility index (Phi) is 8.73. The fourth-order valence-electron chi connectivity index (χ4n) is 2.32. The van der Waals surface area contributed by atoms with Crippen LogP contribution in [-0.4, -0.2) is 33.6 Å². The van der Waals surface area contributed by atoms with Crippen molar-refractivity contribution in [2.75, 3.05) is 11.9 Å². The zero-order chi connectivity index (χ0) is 22.3. The molecule has 160 valence electrons. The molecule has 0 spiro atoms. The number of amides is 1. The van der Waals surface area contributed by atoms with E-state index in [4.69, 9.17) is 51.8 Å². The van der Waals surface area contributed by atoms with Crippen molar-refractivity contribution in [2.24, 2.45) is 0 Å². The van der Waals surface area contributed by atoms with E-state index in [1.807, 2.05) is 6.92 Å². The molecule has 0 saturated carbocycles. The van der Waals surface area contributed by atoms with Crippen LogP contribution in [0, 0.1) is 6.92 Å².